The lowest BCUT2D eigenvalue weighted by atomic mass is 10.1. The zero-order valence-electron chi connectivity index (χ0n) is 12.5. The zero-order valence-corrected chi connectivity index (χ0v) is 14.1. The number of fused-ring (bicyclic) bond motifs is 1. The molecular weight excluding hydrogens is 316 g/mol. The first kappa shape index (κ1) is 15.4. The summed E-state index contributed by atoms with van der Waals surface area (Å²) in [6, 6.07) is 7.81. The monoisotopic (exact) mass is 334 g/mol. The van der Waals surface area contributed by atoms with Gasteiger partial charge in [-0.15, -0.1) is 23.1 Å². The molecule has 0 bridgehead atoms. The highest BCUT2D eigenvalue weighted by Gasteiger charge is 2.37. The second-order valence-electron chi connectivity index (χ2n) is 5.86. The van der Waals surface area contributed by atoms with Crippen LogP contribution in [-0.2, 0) is 16.1 Å². The van der Waals surface area contributed by atoms with Crippen LogP contribution in [0.3, 0.4) is 0 Å². The summed E-state index contributed by atoms with van der Waals surface area (Å²) in [7, 11) is 0. The fourth-order valence-corrected chi connectivity index (χ4v) is 4.09. The number of hydrogen-bond acceptors (Lipinski definition) is 4. The van der Waals surface area contributed by atoms with E-state index in [0.29, 0.717) is 12.3 Å². The largest absolute Gasteiger partial charge is 0.350 e. The highest BCUT2D eigenvalue weighted by atomic mass is 32.2. The van der Waals surface area contributed by atoms with Crippen molar-refractivity contribution >= 4 is 45.0 Å². The Bertz CT molecular complexity index is 724. The molecule has 1 aliphatic heterocycles. The van der Waals surface area contributed by atoms with Gasteiger partial charge >= 0.3 is 0 Å². The summed E-state index contributed by atoms with van der Waals surface area (Å²) in [6.07, 6.45) is 0. The zero-order chi connectivity index (χ0) is 15.7. The van der Waals surface area contributed by atoms with Crippen molar-refractivity contribution in [3.8, 4) is 0 Å². The van der Waals surface area contributed by atoms with E-state index in [-0.39, 0.29) is 11.8 Å². The van der Waals surface area contributed by atoms with Crippen molar-refractivity contribution in [1.82, 2.24) is 10.6 Å². The SMILES string of the molecule is CC1(C)SC[C@@H](C(=O)NCc2ccc3sccc3c2)NC1=O. The van der Waals surface area contributed by atoms with Gasteiger partial charge in [0.2, 0.25) is 11.8 Å². The molecule has 2 aromatic rings. The molecule has 2 N–H and O–H groups in total. The van der Waals surface area contributed by atoms with Crippen molar-refractivity contribution in [3.05, 3.63) is 35.2 Å². The third-order valence-electron chi connectivity index (χ3n) is 3.76. The van der Waals surface area contributed by atoms with Crippen molar-refractivity contribution < 1.29 is 9.59 Å². The molecule has 1 aromatic heterocycles. The minimum atomic E-state index is -0.458. The number of nitrogens with one attached hydrogen (secondary N) is 2. The van der Waals surface area contributed by atoms with Crippen LogP contribution >= 0.6 is 23.1 Å². The van der Waals surface area contributed by atoms with Crippen molar-refractivity contribution in [2.24, 2.45) is 0 Å². The summed E-state index contributed by atoms with van der Waals surface area (Å²) >= 11 is 3.22. The van der Waals surface area contributed by atoms with Crippen LogP contribution in [0.1, 0.15) is 19.4 Å². The summed E-state index contributed by atoms with van der Waals surface area (Å²) in [5, 5.41) is 8.96. The lowest BCUT2D eigenvalue weighted by molar-refractivity contribution is -0.129. The molecule has 1 saturated heterocycles. The molecule has 1 fully saturated rings. The van der Waals surface area contributed by atoms with Crippen LogP contribution < -0.4 is 10.6 Å². The summed E-state index contributed by atoms with van der Waals surface area (Å²) in [5.74, 6) is 0.402. The molecule has 1 atom stereocenters. The Hall–Kier alpha value is -1.53. The molecule has 0 spiro atoms. The summed E-state index contributed by atoms with van der Waals surface area (Å²) in [4.78, 5) is 24.1. The summed E-state index contributed by atoms with van der Waals surface area (Å²) in [6.45, 7) is 4.22. The van der Waals surface area contributed by atoms with E-state index in [4.69, 9.17) is 0 Å². The van der Waals surface area contributed by atoms with E-state index >= 15 is 0 Å². The standard InChI is InChI=1S/C16H18N2O2S2/c1-16(2)15(20)18-12(9-22-16)14(19)17-8-10-3-4-13-11(7-10)5-6-21-13/h3-7,12H,8-9H2,1-2H3,(H,17,19)(H,18,20)/t12-/m0/s1. The molecule has 116 valence electrons. The first-order valence-corrected chi connectivity index (χ1v) is 9.01. The van der Waals surface area contributed by atoms with Gasteiger partial charge in [-0.2, -0.15) is 0 Å². The molecule has 3 rings (SSSR count). The molecule has 0 saturated carbocycles. The van der Waals surface area contributed by atoms with Crippen LogP contribution in [-0.4, -0.2) is 28.4 Å². The van der Waals surface area contributed by atoms with E-state index in [0.717, 1.165) is 5.56 Å². The van der Waals surface area contributed by atoms with E-state index in [1.807, 2.05) is 19.9 Å². The van der Waals surface area contributed by atoms with E-state index < -0.39 is 10.8 Å². The first-order valence-electron chi connectivity index (χ1n) is 7.14. The van der Waals surface area contributed by atoms with E-state index in [1.54, 1.807) is 11.3 Å². The maximum absolute atomic E-state index is 12.2. The molecule has 4 nitrogen and oxygen atoms in total. The van der Waals surface area contributed by atoms with E-state index in [2.05, 4.69) is 34.2 Å². The van der Waals surface area contributed by atoms with Crippen LogP contribution in [0.25, 0.3) is 10.1 Å². The molecule has 22 heavy (non-hydrogen) atoms. The molecule has 2 amide bonds. The first-order chi connectivity index (χ1) is 10.5. The highest BCUT2D eigenvalue weighted by Crippen LogP contribution is 2.29. The normalized spacial score (nSPS) is 20.6. The van der Waals surface area contributed by atoms with Gasteiger partial charge in [-0.05, 0) is 48.4 Å². The minimum absolute atomic E-state index is 0.0800. The maximum atomic E-state index is 12.2. The van der Waals surface area contributed by atoms with Gasteiger partial charge in [-0.1, -0.05) is 6.07 Å². The molecular formula is C16H18N2O2S2. The van der Waals surface area contributed by atoms with Crippen LogP contribution in [0.5, 0.6) is 0 Å². The number of amides is 2. The smallest absolute Gasteiger partial charge is 0.243 e. The fraction of sp³-hybridized carbons (Fsp3) is 0.375. The Morgan fingerprint density at radius 3 is 3.00 bits per heavy atom. The van der Waals surface area contributed by atoms with Gasteiger partial charge in [0.25, 0.3) is 0 Å². The van der Waals surface area contributed by atoms with Crippen molar-refractivity contribution in [2.45, 2.75) is 31.2 Å². The van der Waals surface area contributed by atoms with E-state index in [1.165, 1.54) is 21.8 Å². The van der Waals surface area contributed by atoms with E-state index in [9.17, 15) is 9.59 Å². The number of carbonyl (C=O) groups excluding carboxylic acids is 2. The second kappa shape index (κ2) is 5.93. The lowest BCUT2D eigenvalue weighted by Crippen LogP contribution is -2.57. The van der Waals surface area contributed by atoms with Crippen molar-refractivity contribution in [1.29, 1.82) is 0 Å². The highest BCUT2D eigenvalue weighted by molar-refractivity contribution is 8.01. The minimum Gasteiger partial charge on any atom is -0.350 e. The summed E-state index contributed by atoms with van der Waals surface area (Å²) in [5.41, 5.74) is 1.06. The number of thiophene rings is 1. The van der Waals surface area contributed by atoms with Gasteiger partial charge in [0, 0.05) is 17.0 Å². The second-order valence-corrected chi connectivity index (χ2v) is 8.45. The average Bonchev–Trinajstić information content (AvgIpc) is 2.95. The predicted octanol–water partition coefficient (Wildman–Crippen LogP) is 2.53. The van der Waals surface area contributed by atoms with Gasteiger partial charge in [0.05, 0.1) is 4.75 Å². The Balaban J connectivity index is 1.59. The third-order valence-corrected chi connectivity index (χ3v) is 6.07. The van der Waals surface area contributed by atoms with Crippen LogP contribution in [0.2, 0.25) is 0 Å². The Morgan fingerprint density at radius 1 is 1.41 bits per heavy atom. The Kier molecular flexibility index (Phi) is 4.14. The third kappa shape index (κ3) is 3.13. The van der Waals surface area contributed by atoms with Crippen molar-refractivity contribution in [3.63, 3.8) is 0 Å². The number of benzene rings is 1. The molecule has 6 heteroatoms. The Labute approximate surface area is 137 Å². The molecule has 1 aromatic carbocycles. The number of carbonyl (C=O) groups is 2. The van der Waals surface area contributed by atoms with Gasteiger partial charge in [0.1, 0.15) is 6.04 Å². The lowest BCUT2D eigenvalue weighted by Gasteiger charge is -2.32. The average molecular weight is 334 g/mol. The fourth-order valence-electron chi connectivity index (χ4n) is 2.31. The molecule has 0 aliphatic carbocycles. The quantitative estimate of drug-likeness (QED) is 0.907. The van der Waals surface area contributed by atoms with Gasteiger partial charge in [0.15, 0.2) is 0 Å². The van der Waals surface area contributed by atoms with Gasteiger partial charge in [-0.3, -0.25) is 9.59 Å². The Morgan fingerprint density at radius 2 is 2.23 bits per heavy atom. The number of hydrogen-bond donors (Lipinski definition) is 2. The van der Waals surface area contributed by atoms with Gasteiger partial charge < -0.3 is 10.6 Å². The topological polar surface area (TPSA) is 58.2 Å². The number of thioether (sulfide) groups is 1. The van der Waals surface area contributed by atoms with Gasteiger partial charge in [-0.25, -0.2) is 0 Å². The van der Waals surface area contributed by atoms with Crippen LogP contribution in [0.4, 0.5) is 0 Å². The molecule has 2 heterocycles. The molecule has 1 aliphatic rings. The maximum Gasteiger partial charge on any atom is 0.243 e. The number of rotatable bonds is 3. The molecule has 0 radical (unpaired) electrons. The van der Waals surface area contributed by atoms with Crippen LogP contribution in [0, 0.1) is 0 Å². The van der Waals surface area contributed by atoms with Crippen LogP contribution in [0.15, 0.2) is 29.6 Å². The molecule has 0 unspecified atom stereocenters. The van der Waals surface area contributed by atoms with Crippen molar-refractivity contribution in [2.75, 3.05) is 5.75 Å². The predicted molar refractivity (Wildman–Crippen MR) is 92.1 cm³/mol. The summed E-state index contributed by atoms with van der Waals surface area (Å²) < 4.78 is 0.786.